The first kappa shape index (κ1) is 36.2. The minimum Gasteiger partial charge on any atom is -0.351 e. The summed E-state index contributed by atoms with van der Waals surface area (Å²) < 4.78 is 43.9. The van der Waals surface area contributed by atoms with Crippen molar-refractivity contribution in [2.45, 2.75) is 71.8 Å². The highest BCUT2D eigenvalue weighted by atomic mass is 32.1. The number of hydrogen-bond donors (Lipinski definition) is 2. The van der Waals surface area contributed by atoms with Crippen LogP contribution in [-0.4, -0.2) is 38.1 Å². The summed E-state index contributed by atoms with van der Waals surface area (Å²) in [7, 11) is 0. The molecule has 0 aliphatic carbocycles. The fourth-order valence-electron chi connectivity index (χ4n) is 5.49. The number of carbonyl (C=O) groups is 1. The zero-order valence-corrected chi connectivity index (χ0v) is 28.4. The molecular weight excluding hydrogens is 634 g/mol. The highest BCUT2D eigenvalue weighted by Gasteiger charge is 2.34. The third-order valence-corrected chi connectivity index (χ3v) is 8.30. The number of nitrogens with zero attached hydrogens (tertiary/aromatic N) is 4. The highest BCUT2D eigenvalue weighted by molar-refractivity contribution is 7.80. The number of anilines is 1. The largest absolute Gasteiger partial charge is 0.416 e. The Kier molecular flexibility index (Phi) is 12.4. The van der Waals surface area contributed by atoms with Gasteiger partial charge in [0.15, 0.2) is 5.11 Å². The molecule has 3 aromatic carbocycles. The fraction of sp³-hybridized carbons (Fsp3) is 0.351. The molecule has 0 saturated carbocycles. The Bertz CT molecular complexity index is 1710. The van der Waals surface area contributed by atoms with Crippen molar-refractivity contribution >= 4 is 28.9 Å². The number of nitriles is 1. The van der Waals surface area contributed by atoms with Gasteiger partial charge in [-0.3, -0.25) is 4.79 Å². The summed E-state index contributed by atoms with van der Waals surface area (Å²) in [6, 6.07) is 22.2. The Labute approximate surface area is 285 Å². The molecule has 4 aromatic rings. The normalized spacial score (nSPS) is 12.1. The van der Waals surface area contributed by atoms with E-state index in [1.165, 1.54) is 12.1 Å². The Morgan fingerprint density at radius 1 is 1.02 bits per heavy atom. The molecule has 1 amide bonds. The molecule has 0 fully saturated rings. The van der Waals surface area contributed by atoms with E-state index in [4.69, 9.17) is 17.5 Å². The van der Waals surface area contributed by atoms with E-state index >= 15 is 0 Å². The second-order valence-corrected chi connectivity index (χ2v) is 13.0. The van der Waals surface area contributed by atoms with Crippen LogP contribution in [-0.2, 0) is 30.5 Å². The van der Waals surface area contributed by atoms with Crippen molar-refractivity contribution in [3.05, 3.63) is 119 Å². The summed E-state index contributed by atoms with van der Waals surface area (Å²) in [6.45, 7) is 8.82. The third kappa shape index (κ3) is 10.4. The van der Waals surface area contributed by atoms with Crippen LogP contribution >= 0.6 is 12.2 Å². The molecule has 7 nitrogen and oxygen atoms in total. The number of aromatic nitrogens is 2. The SMILES string of the molecule is CC(C)C[C@@H](CN(Cc1ccccc1C(F)(F)F)C(=S)Nc1ccc(C(C)C)cc1)NC(=O)Cc1cncn1Cc1ccc(C#N)cc1. The number of benzene rings is 3. The summed E-state index contributed by atoms with van der Waals surface area (Å²) in [6.07, 6.45) is -0.586. The van der Waals surface area contributed by atoms with Crippen molar-refractivity contribution in [1.82, 2.24) is 19.8 Å². The molecule has 4 rings (SSSR count). The molecule has 0 unspecified atom stereocenters. The van der Waals surface area contributed by atoms with Gasteiger partial charge < -0.3 is 20.1 Å². The molecule has 11 heteroatoms. The average molecular weight is 675 g/mol. The molecule has 0 aliphatic rings. The standard InChI is InChI=1S/C37H41F3N6OS/c1-25(2)17-32(43-35(47)18-33-20-42-24-46(33)21-28-11-9-27(19-41)10-12-28)23-45(22-30-7-5-6-8-34(30)37(38,39)40)36(48)44-31-15-13-29(14-16-31)26(3)4/h5-16,20,24-26,32H,17-18,21-23H2,1-4H3,(H,43,47)(H,44,48)/t32-/m0/s1. The molecule has 1 heterocycles. The zero-order valence-electron chi connectivity index (χ0n) is 27.6. The Morgan fingerprint density at radius 3 is 2.33 bits per heavy atom. The van der Waals surface area contributed by atoms with Crippen molar-refractivity contribution in [3.8, 4) is 6.07 Å². The molecule has 0 bridgehead atoms. The number of carbonyl (C=O) groups excluding carboxylic acids is 1. The van der Waals surface area contributed by atoms with Gasteiger partial charge in [0.1, 0.15) is 0 Å². The number of hydrogen-bond acceptors (Lipinski definition) is 4. The van der Waals surface area contributed by atoms with E-state index < -0.39 is 17.8 Å². The number of nitrogens with one attached hydrogen (secondary N) is 2. The molecule has 0 saturated heterocycles. The smallest absolute Gasteiger partial charge is 0.351 e. The molecular formula is C37H41F3N6OS. The summed E-state index contributed by atoms with van der Waals surface area (Å²) in [5.74, 6) is 0.295. The first-order valence-electron chi connectivity index (χ1n) is 15.9. The van der Waals surface area contributed by atoms with Gasteiger partial charge in [-0.25, -0.2) is 4.98 Å². The summed E-state index contributed by atoms with van der Waals surface area (Å²) in [5, 5.41) is 15.7. The lowest BCUT2D eigenvalue weighted by Crippen LogP contribution is -2.47. The quantitative estimate of drug-likeness (QED) is 0.140. The molecule has 1 aromatic heterocycles. The van der Waals surface area contributed by atoms with E-state index in [0.717, 1.165) is 22.9 Å². The van der Waals surface area contributed by atoms with Crippen LogP contribution in [0.4, 0.5) is 18.9 Å². The van der Waals surface area contributed by atoms with Gasteiger partial charge in [0.05, 0.1) is 29.9 Å². The van der Waals surface area contributed by atoms with Gasteiger partial charge in [-0.1, -0.05) is 70.2 Å². The van der Waals surface area contributed by atoms with Gasteiger partial charge in [0, 0.05) is 43.3 Å². The maximum Gasteiger partial charge on any atom is 0.416 e. The molecule has 1 atom stereocenters. The van der Waals surface area contributed by atoms with E-state index in [2.05, 4.69) is 35.5 Å². The maximum atomic E-state index is 14.0. The number of halogens is 3. The fourth-order valence-corrected chi connectivity index (χ4v) is 5.75. The van der Waals surface area contributed by atoms with Crippen LogP contribution in [0.15, 0.2) is 85.3 Å². The summed E-state index contributed by atoms with van der Waals surface area (Å²) >= 11 is 5.80. The zero-order chi connectivity index (χ0) is 34.8. The van der Waals surface area contributed by atoms with Gasteiger partial charge in [-0.05, 0) is 77.5 Å². The van der Waals surface area contributed by atoms with E-state index in [-0.39, 0.29) is 42.0 Å². The Morgan fingerprint density at radius 2 is 1.71 bits per heavy atom. The van der Waals surface area contributed by atoms with Crippen LogP contribution in [0.2, 0.25) is 0 Å². The first-order chi connectivity index (χ1) is 22.8. The van der Waals surface area contributed by atoms with Gasteiger partial charge in [-0.2, -0.15) is 18.4 Å². The lowest BCUT2D eigenvalue weighted by Gasteiger charge is -2.32. The summed E-state index contributed by atoms with van der Waals surface area (Å²) in [4.78, 5) is 19.4. The van der Waals surface area contributed by atoms with E-state index in [1.54, 1.807) is 35.6 Å². The molecule has 2 N–H and O–H groups in total. The maximum absolute atomic E-state index is 14.0. The van der Waals surface area contributed by atoms with Crippen molar-refractivity contribution < 1.29 is 18.0 Å². The van der Waals surface area contributed by atoms with Crippen molar-refractivity contribution in [1.29, 1.82) is 5.26 Å². The van der Waals surface area contributed by atoms with Gasteiger partial charge >= 0.3 is 6.18 Å². The summed E-state index contributed by atoms with van der Waals surface area (Å²) in [5.41, 5.74) is 3.47. The van der Waals surface area contributed by atoms with E-state index in [9.17, 15) is 18.0 Å². The monoisotopic (exact) mass is 674 g/mol. The second-order valence-electron chi connectivity index (χ2n) is 12.6. The van der Waals surface area contributed by atoms with Crippen LogP contribution in [0.25, 0.3) is 0 Å². The lowest BCUT2D eigenvalue weighted by molar-refractivity contribution is -0.138. The van der Waals surface area contributed by atoms with Crippen LogP contribution in [0.3, 0.4) is 0 Å². The van der Waals surface area contributed by atoms with Gasteiger partial charge in [0.25, 0.3) is 0 Å². The Balaban J connectivity index is 1.54. The van der Waals surface area contributed by atoms with Crippen LogP contribution in [0, 0.1) is 17.2 Å². The third-order valence-electron chi connectivity index (χ3n) is 7.94. The number of alkyl halides is 3. The van der Waals surface area contributed by atoms with Crippen LogP contribution in [0.1, 0.15) is 73.5 Å². The number of rotatable bonds is 13. The number of imidazole rings is 1. The predicted octanol–water partition coefficient (Wildman–Crippen LogP) is 7.92. The van der Waals surface area contributed by atoms with Crippen LogP contribution in [0.5, 0.6) is 0 Å². The second kappa shape index (κ2) is 16.4. The number of amides is 1. The van der Waals surface area contributed by atoms with Crippen molar-refractivity contribution in [2.24, 2.45) is 5.92 Å². The molecule has 0 spiro atoms. The van der Waals surface area contributed by atoms with Gasteiger partial charge in [0.2, 0.25) is 5.91 Å². The van der Waals surface area contributed by atoms with Crippen molar-refractivity contribution in [2.75, 3.05) is 11.9 Å². The first-order valence-corrected chi connectivity index (χ1v) is 16.3. The minimum absolute atomic E-state index is 0.0622. The highest BCUT2D eigenvalue weighted by Crippen LogP contribution is 2.32. The lowest BCUT2D eigenvalue weighted by atomic mass is 10.0. The van der Waals surface area contributed by atoms with E-state index in [1.807, 2.05) is 54.8 Å². The predicted molar refractivity (Wildman–Crippen MR) is 186 cm³/mol. The minimum atomic E-state index is -4.53. The van der Waals surface area contributed by atoms with Crippen molar-refractivity contribution in [3.63, 3.8) is 0 Å². The van der Waals surface area contributed by atoms with E-state index in [0.29, 0.717) is 30.1 Å². The Hall–Kier alpha value is -4.69. The molecule has 0 aliphatic heterocycles. The average Bonchev–Trinajstić information content (AvgIpc) is 3.46. The molecule has 252 valence electrons. The number of thiocarbonyl (C=S) groups is 1. The topological polar surface area (TPSA) is 86.0 Å². The van der Waals surface area contributed by atoms with Crippen LogP contribution < -0.4 is 10.6 Å². The molecule has 48 heavy (non-hydrogen) atoms. The molecule has 0 radical (unpaired) electrons. The van der Waals surface area contributed by atoms with Gasteiger partial charge in [-0.15, -0.1) is 0 Å².